The van der Waals surface area contributed by atoms with Crippen LogP contribution >= 0.6 is 0 Å². The van der Waals surface area contributed by atoms with Gasteiger partial charge in [-0.1, -0.05) is 12.8 Å². The van der Waals surface area contributed by atoms with Gasteiger partial charge in [-0.2, -0.15) is 4.31 Å². The fourth-order valence-electron chi connectivity index (χ4n) is 2.85. The minimum atomic E-state index is -3.45. The maximum absolute atomic E-state index is 12.7. The Morgan fingerprint density at radius 2 is 1.58 bits per heavy atom. The van der Waals surface area contributed by atoms with Crippen LogP contribution in [0.1, 0.15) is 39.5 Å². The molecule has 2 amide bonds. The number of carbonyl (C=O) groups is 1. The number of sulfonamides is 1. The third-order valence-electron chi connectivity index (χ3n) is 4.36. The van der Waals surface area contributed by atoms with Crippen molar-refractivity contribution in [2.24, 2.45) is 0 Å². The van der Waals surface area contributed by atoms with Gasteiger partial charge in [0.25, 0.3) is 0 Å². The first-order chi connectivity index (χ1) is 11.5. The summed E-state index contributed by atoms with van der Waals surface area (Å²) < 4.78 is 27.0. The van der Waals surface area contributed by atoms with Gasteiger partial charge in [-0.25, -0.2) is 13.2 Å². The molecule has 1 aliphatic rings. The molecule has 0 unspecified atom stereocenters. The fourth-order valence-corrected chi connectivity index (χ4v) is 4.37. The molecule has 0 saturated carbocycles. The van der Waals surface area contributed by atoms with Crippen LogP contribution in [0.4, 0.5) is 10.5 Å². The highest BCUT2D eigenvalue weighted by molar-refractivity contribution is 7.89. The Kier molecular flexibility index (Phi) is 6.62. The van der Waals surface area contributed by atoms with Crippen LogP contribution < -0.4 is 5.32 Å². The van der Waals surface area contributed by atoms with Gasteiger partial charge in [-0.05, 0) is 51.0 Å². The van der Waals surface area contributed by atoms with Crippen LogP contribution in [0, 0.1) is 0 Å². The zero-order chi connectivity index (χ0) is 17.6. The molecule has 1 heterocycles. The molecule has 24 heavy (non-hydrogen) atoms. The molecule has 0 spiro atoms. The van der Waals surface area contributed by atoms with Crippen molar-refractivity contribution in [1.82, 2.24) is 9.21 Å². The Morgan fingerprint density at radius 1 is 1.04 bits per heavy atom. The molecular formula is C17H27N3O3S. The van der Waals surface area contributed by atoms with E-state index in [0.717, 1.165) is 25.7 Å². The normalized spacial score (nSPS) is 16.4. The van der Waals surface area contributed by atoms with E-state index in [1.165, 1.54) is 0 Å². The molecule has 1 aliphatic heterocycles. The maximum Gasteiger partial charge on any atom is 0.321 e. The second-order valence-electron chi connectivity index (χ2n) is 5.95. The smallest absolute Gasteiger partial charge is 0.321 e. The molecular weight excluding hydrogens is 326 g/mol. The van der Waals surface area contributed by atoms with Crippen LogP contribution in [0.3, 0.4) is 0 Å². The zero-order valence-corrected chi connectivity index (χ0v) is 15.3. The molecule has 1 saturated heterocycles. The third kappa shape index (κ3) is 4.48. The van der Waals surface area contributed by atoms with E-state index in [0.29, 0.717) is 31.9 Å². The van der Waals surface area contributed by atoms with Crippen molar-refractivity contribution in [3.8, 4) is 0 Å². The summed E-state index contributed by atoms with van der Waals surface area (Å²) in [6.07, 6.45) is 4.00. The van der Waals surface area contributed by atoms with Crippen molar-refractivity contribution < 1.29 is 13.2 Å². The lowest BCUT2D eigenvalue weighted by atomic mass is 10.2. The first-order valence-corrected chi connectivity index (χ1v) is 10.1. The Morgan fingerprint density at radius 3 is 2.08 bits per heavy atom. The van der Waals surface area contributed by atoms with Gasteiger partial charge < -0.3 is 10.2 Å². The van der Waals surface area contributed by atoms with Crippen LogP contribution in [0.5, 0.6) is 0 Å². The second kappa shape index (κ2) is 8.48. The summed E-state index contributed by atoms with van der Waals surface area (Å²) in [6.45, 7) is 6.26. The lowest BCUT2D eigenvalue weighted by Crippen LogP contribution is -2.34. The average Bonchev–Trinajstić information content (AvgIpc) is 2.86. The van der Waals surface area contributed by atoms with Crippen molar-refractivity contribution in [2.45, 2.75) is 44.4 Å². The molecule has 0 aromatic heterocycles. The van der Waals surface area contributed by atoms with Crippen LogP contribution in [-0.4, -0.2) is 49.8 Å². The number of carbonyl (C=O) groups excluding carboxylic acids is 1. The molecule has 1 N–H and O–H groups in total. The highest BCUT2D eigenvalue weighted by Crippen LogP contribution is 2.21. The Bertz CT molecular complexity index is 632. The quantitative estimate of drug-likeness (QED) is 0.884. The molecule has 2 rings (SSSR count). The van der Waals surface area contributed by atoms with Crippen molar-refractivity contribution in [3.63, 3.8) is 0 Å². The van der Waals surface area contributed by atoms with Gasteiger partial charge in [0, 0.05) is 31.9 Å². The predicted molar refractivity (Wildman–Crippen MR) is 95.6 cm³/mol. The molecule has 1 aromatic carbocycles. The average molecular weight is 353 g/mol. The van der Waals surface area contributed by atoms with E-state index in [-0.39, 0.29) is 10.9 Å². The number of rotatable bonds is 5. The van der Waals surface area contributed by atoms with Crippen molar-refractivity contribution in [3.05, 3.63) is 24.3 Å². The molecule has 0 radical (unpaired) electrons. The van der Waals surface area contributed by atoms with Gasteiger partial charge in [-0.3, -0.25) is 0 Å². The monoisotopic (exact) mass is 353 g/mol. The first kappa shape index (κ1) is 18.7. The molecule has 134 valence electrons. The van der Waals surface area contributed by atoms with Gasteiger partial charge in [0.05, 0.1) is 4.90 Å². The maximum atomic E-state index is 12.7. The van der Waals surface area contributed by atoms with Crippen LogP contribution in [0.25, 0.3) is 0 Å². The molecule has 0 bridgehead atoms. The minimum absolute atomic E-state index is 0.178. The van der Waals surface area contributed by atoms with Gasteiger partial charge in [0.2, 0.25) is 10.0 Å². The van der Waals surface area contributed by atoms with Crippen molar-refractivity contribution in [1.29, 1.82) is 0 Å². The summed E-state index contributed by atoms with van der Waals surface area (Å²) in [5.74, 6) is 0. The van der Waals surface area contributed by atoms with E-state index >= 15 is 0 Å². The van der Waals surface area contributed by atoms with Gasteiger partial charge in [-0.15, -0.1) is 0 Å². The van der Waals surface area contributed by atoms with E-state index in [2.05, 4.69) is 5.32 Å². The van der Waals surface area contributed by atoms with Gasteiger partial charge in [0.15, 0.2) is 0 Å². The number of anilines is 1. The van der Waals surface area contributed by atoms with Gasteiger partial charge in [0.1, 0.15) is 0 Å². The number of nitrogens with zero attached hydrogens (tertiary/aromatic N) is 2. The number of urea groups is 1. The number of hydrogen-bond acceptors (Lipinski definition) is 3. The number of benzene rings is 1. The molecule has 0 atom stereocenters. The Hall–Kier alpha value is -1.60. The van der Waals surface area contributed by atoms with Crippen LogP contribution in [0.15, 0.2) is 29.2 Å². The van der Waals surface area contributed by atoms with Gasteiger partial charge >= 0.3 is 6.03 Å². The number of nitrogens with one attached hydrogen (secondary N) is 1. The van der Waals surface area contributed by atoms with Crippen molar-refractivity contribution in [2.75, 3.05) is 31.5 Å². The Labute approximate surface area is 144 Å². The first-order valence-electron chi connectivity index (χ1n) is 8.65. The highest BCUT2D eigenvalue weighted by atomic mass is 32.2. The molecule has 6 nitrogen and oxygen atoms in total. The van der Waals surface area contributed by atoms with E-state index in [4.69, 9.17) is 0 Å². The number of hydrogen-bond donors (Lipinski definition) is 1. The summed E-state index contributed by atoms with van der Waals surface area (Å²) in [4.78, 5) is 14.0. The SMILES string of the molecule is CCN(CC)C(=O)Nc1ccc(S(=O)(=O)N2CCCCCC2)cc1. The molecule has 0 aliphatic carbocycles. The Balaban J connectivity index is 2.09. The van der Waals surface area contributed by atoms with E-state index in [9.17, 15) is 13.2 Å². The lowest BCUT2D eigenvalue weighted by molar-refractivity contribution is 0.217. The third-order valence-corrected chi connectivity index (χ3v) is 6.27. The minimum Gasteiger partial charge on any atom is -0.325 e. The summed E-state index contributed by atoms with van der Waals surface area (Å²) in [5, 5.41) is 2.79. The molecule has 1 fully saturated rings. The second-order valence-corrected chi connectivity index (χ2v) is 7.88. The largest absolute Gasteiger partial charge is 0.325 e. The molecule has 1 aromatic rings. The molecule has 7 heteroatoms. The van der Waals surface area contributed by atoms with Crippen LogP contribution in [-0.2, 0) is 10.0 Å². The fraction of sp³-hybridized carbons (Fsp3) is 0.588. The lowest BCUT2D eigenvalue weighted by Gasteiger charge is -2.21. The number of amides is 2. The summed E-state index contributed by atoms with van der Waals surface area (Å²) in [6, 6.07) is 6.25. The summed E-state index contributed by atoms with van der Waals surface area (Å²) >= 11 is 0. The standard InChI is InChI=1S/C17H27N3O3S/c1-3-19(4-2)17(21)18-15-9-11-16(12-10-15)24(22,23)20-13-7-5-6-8-14-20/h9-12H,3-8,13-14H2,1-2H3,(H,18,21). The van der Waals surface area contributed by atoms with E-state index in [1.54, 1.807) is 33.5 Å². The van der Waals surface area contributed by atoms with Crippen LogP contribution in [0.2, 0.25) is 0 Å². The highest BCUT2D eigenvalue weighted by Gasteiger charge is 2.25. The van der Waals surface area contributed by atoms with E-state index in [1.807, 2.05) is 13.8 Å². The van der Waals surface area contributed by atoms with E-state index < -0.39 is 10.0 Å². The van der Waals surface area contributed by atoms with Crippen molar-refractivity contribution >= 4 is 21.7 Å². The topological polar surface area (TPSA) is 69.7 Å². The predicted octanol–water partition coefficient (Wildman–Crippen LogP) is 3.13. The summed E-state index contributed by atoms with van der Waals surface area (Å²) in [7, 11) is -3.45. The zero-order valence-electron chi connectivity index (χ0n) is 14.5. The summed E-state index contributed by atoms with van der Waals surface area (Å²) in [5.41, 5.74) is 0.599.